The summed E-state index contributed by atoms with van der Waals surface area (Å²) < 4.78 is 0. The Morgan fingerprint density at radius 3 is 2.92 bits per heavy atom. The summed E-state index contributed by atoms with van der Waals surface area (Å²) in [5, 5.41) is 12.3. The number of nitrogens with zero attached hydrogens (tertiary/aromatic N) is 1. The molecular formula is C17H17Cl2N3O2. The van der Waals surface area contributed by atoms with Gasteiger partial charge in [0, 0.05) is 12.3 Å². The van der Waals surface area contributed by atoms with Crippen LogP contribution in [0, 0.1) is 0 Å². The maximum Gasteiger partial charge on any atom is 0.267 e. The van der Waals surface area contributed by atoms with Crippen LogP contribution in [-0.2, 0) is 11.2 Å². The molecule has 1 aliphatic carbocycles. The number of halogens is 2. The second kappa shape index (κ2) is 8.15. The third kappa shape index (κ3) is 4.06. The molecule has 1 heterocycles. The number of carbonyl (C=O) groups is 1. The Morgan fingerprint density at radius 2 is 2.17 bits per heavy atom. The molecule has 24 heavy (non-hydrogen) atoms. The van der Waals surface area contributed by atoms with Crippen molar-refractivity contribution in [3.05, 3.63) is 64.3 Å². The van der Waals surface area contributed by atoms with E-state index in [1.165, 1.54) is 28.8 Å². The number of hydrogen-bond donors (Lipinski definition) is 3. The summed E-state index contributed by atoms with van der Waals surface area (Å²) in [6.45, 7) is 0. The van der Waals surface area contributed by atoms with Gasteiger partial charge in [0.25, 0.3) is 5.91 Å². The van der Waals surface area contributed by atoms with Crippen molar-refractivity contribution in [1.82, 2.24) is 10.5 Å². The molecule has 0 aliphatic heterocycles. The number of hydrogen-bond acceptors (Lipinski definition) is 4. The van der Waals surface area contributed by atoms with Crippen molar-refractivity contribution in [3.63, 3.8) is 0 Å². The molecule has 1 unspecified atom stereocenters. The van der Waals surface area contributed by atoms with E-state index in [9.17, 15) is 4.79 Å². The number of aromatic nitrogens is 1. The zero-order valence-corrected chi connectivity index (χ0v) is 14.3. The van der Waals surface area contributed by atoms with Gasteiger partial charge in [-0.15, -0.1) is 12.4 Å². The van der Waals surface area contributed by atoms with Crippen LogP contribution in [-0.4, -0.2) is 16.1 Å². The van der Waals surface area contributed by atoms with Gasteiger partial charge in [0.05, 0.1) is 11.1 Å². The predicted molar refractivity (Wildman–Crippen MR) is 96.6 cm³/mol. The highest BCUT2D eigenvalue weighted by Crippen LogP contribution is 2.34. The molecule has 1 aromatic carbocycles. The van der Waals surface area contributed by atoms with E-state index in [1.807, 2.05) is 6.07 Å². The number of rotatable bonds is 4. The average Bonchev–Trinajstić information content (AvgIpc) is 2.98. The van der Waals surface area contributed by atoms with E-state index in [1.54, 1.807) is 12.3 Å². The SMILES string of the molecule is Cl.O=C(C=Cc1cnc(NC2CCc3ccccc32)c(Cl)c1)NO. The summed E-state index contributed by atoms with van der Waals surface area (Å²) in [7, 11) is 0. The van der Waals surface area contributed by atoms with Crippen molar-refractivity contribution in [2.45, 2.75) is 18.9 Å². The van der Waals surface area contributed by atoms with Crippen molar-refractivity contribution in [2.75, 3.05) is 5.32 Å². The summed E-state index contributed by atoms with van der Waals surface area (Å²) in [6, 6.07) is 10.3. The molecule has 1 amide bonds. The number of nitrogens with one attached hydrogen (secondary N) is 2. The van der Waals surface area contributed by atoms with Crippen molar-refractivity contribution >= 4 is 41.8 Å². The van der Waals surface area contributed by atoms with Gasteiger partial charge < -0.3 is 5.32 Å². The first-order chi connectivity index (χ1) is 11.2. The number of benzene rings is 1. The molecule has 1 atom stereocenters. The second-order valence-corrected chi connectivity index (χ2v) is 5.75. The van der Waals surface area contributed by atoms with Gasteiger partial charge in [0.15, 0.2) is 0 Å². The lowest BCUT2D eigenvalue weighted by molar-refractivity contribution is -0.124. The fourth-order valence-electron chi connectivity index (χ4n) is 2.73. The molecule has 1 aliphatic rings. The van der Waals surface area contributed by atoms with Crippen molar-refractivity contribution < 1.29 is 10.0 Å². The number of amides is 1. The fourth-order valence-corrected chi connectivity index (χ4v) is 2.96. The van der Waals surface area contributed by atoms with Crippen molar-refractivity contribution in [2.24, 2.45) is 0 Å². The number of hydroxylamine groups is 1. The quantitative estimate of drug-likeness (QED) is 0.438. The van der Waals surface area contributed by atoms with E-state index in [2.05, 4.69) is 28.5 Å². The minimum absolute atomic E-state index is 0. The Labute approximate surface area is 151 Å². The molecule has 0 fully saturated rings. The summed E-state index contributed by atoms with van der Waals surface area (Å²) in [5.74, 6) is 0.0167. The maximum atomic E-state index is 11.0. The van der Waals surface area contributed by atoms with Crippen LogP contribution in [0.15, 0.2) is 42.6 Å². The molecular weight excluding hydrogens is 349 g/mol. The van der Waals surface area contributed by atoms with Gasteiger partial charge in [-0.05, 0) is 41.7 Å². The van der Waals surface area contributed by atoms with Crippen LogP contribution in [0.5, 0.6) is 0 Å². The van der Waals surface area contributed by atoms with Crippen LogP contribution in [0.25, 0.3) is 6.08 Å². The Balaban J connectivity index is 0.00000208. The third-order valence-electron chi connectivity index (χ3n) is 3.84. The van der Waals surface area contributed by atoms with Gasteiger partial charge in [-0.2, -0.15) is 0 Å². The zero-order chi connectivity index (χ0) is 16.2. The highest BCUT2D eigenvalue weighted by Gasteiger charge is 2.22. The topological polar surface area (TPSA) is 74.2 Å². The normalized spacial score (nSPS) is 15.7. The van der Waals surface area contributed by atoms with Crippen LogP contribution < -0.4 is 10.8 Å². The van der Waals surface area contributed by atoms with Gasteiger partial charge in [-0.25, -0.2) is 10.5 Å². The first-order valence-electron chi connectivity index (χ1n) is 7.29. The molecule has 0 saturated carbocycles. The van der Waals surface area contributed by atoms with E-state index in [4.69, 9.17) is 16.8 Å². The fraction of sp³-hybridized carbons (Fsp3) is 0.176. The molecule has 3 rings (SSSR count). The third-order valence-corrected chi connectivity index (χ3v) is 4.13. The summed E-state index contributed by atoms with van der Waals surface area (Å²) in [4.78, 5) is 15.3. The molecule has 0 spiro atoms. The molecule has 2 aromatic rings. The Morgan fingerprint density at radius 1 is 1.38 bits per heavy atom. The van der Waals surface area contributed by atoms with E-state index in [-0.39, 0.29) is 18.4 Å². The lowest BCUT2D eigenvalue weighted by atomic mass is 10.1. The summed E-state index contributed by atoms with van der Waals surface area (Å²) in [5.41, 5.74) is 4.85. The van der Waals surface area contributed by atoms with Gasteiger partial charge >= 0.3 is 0 Å². The Hall–Kier alpha value is -2.08. The molecule has 0 radical (unpaired) electrons. The monoisotopic (exact) mass is 365 g/mol. The summed E-state index contributed by atoms with van der Waals surface area (Å²) >= 11 is 6.28. The van der Waals surface area contributed by atoms with Crippen LogP contribution in [0.2, 0.25) is 5.02 Å². The minimum Gasteiger partial charge on any atom is -0.362 e. The van der Waals surface area contributed by atoms with Gasteiger partial charge in [-0.1, -0.05) is 35.9 Å². The highest BCUT2D eigenvalue weighted by molar-refractivity contribution is 6.33. The number of aryl methyl sites for hydroxylation is 1. The van der Waals surface area contributed by atoms with E-state index < -0.39 is 5.91 Å². The van der Waals surface area contributed by atoms with Gasteiger partial charge in [-0.3, -0.25) is 10.0 Å². The van der Waals surface area contributed by atoms with Gasteiger partial charge in [0.2, 0.25) is 0 Å². The predicted octanol–water partition coefficient (Wildman–Crippen LogP) is 3.77. The molecule has 1 aromatic heterocycles. The minimum atomic E-state index is -0.606. The standard InChI is InChI=1S/C17H16ClN3O2.ClH/c18-14-9-11(5-8-16(22)21-23)10-19-17(14)20-15-7-6-12-3-1-2-4-13(12)15;/h1-5,8-10,15,23H,6-7H2,(H,19,20)(H,21,22);1H. The molecule has 5 nitrogen and oxygen atoms in total. The zero-order valence-electron chi connectivity index (χ0n) is 12.7. The Bertz CT molecular complexity index is 765. The molecule has 0 bridgehead atoms. The first-order valence-corrected chi connectivity index (χ1v) is 7.67. The molecule has 0 saturated heterocycles. The smallest absolute Gasteiger partial charge is 0.267 e. The van der Waals surface area contributed by atoms with Crippen molar-refractivity contribution in [1.29, 1.82) is 0 Å². The maximum absolute atomic E-state index is 11.0. The number of carbonyl (C=O) groups excluding carboxylic acids is 1. The Kier molecular flexibility index (Phi) is 6.20. The number of pyridine rings is 1. The van der Waals surface area contributed by atoms with Gasteiger partial charge in [0.1, 0.15) is 5.82 Å². The molecule has 126 valence electrons. The van der Waals surface area contributed by atoms with Crippen LogP contribution in [0.1, 0.15) is 29.2 Å². The first kappa shape index (κ1) is 18.3. The lowest BCUT2D eigenvalue weighted by Gasteiger charge is -2.16. The summed E-state index contributed by atoms with van der Waals surface area (Å²) in [6.07, 6.45) is 6.40. The van der Waals surface area contributed by atoms with E-state index in [0.29, 0.717) is 16.4 Å². The van der Waals surface area contributed by atoms with Crippen LogP contribution in [0.3, 0.4) is 0 Å². The van der Waals surface area contributed by atoms with Crippen LogP contribution >= 0.6 is 24.0 Å². The van der Waals surface area contributed by atoms with Crippen LogP contribution in [0.4, 0.5) is 5.82 Å². The van der Waals surface area contributed by atoms with E-state index >= 15 is 0 Å². The average molecular weight is 366 g/mol. The second-order valence-electron chi connectivity index (χ2n) is 5.34. The molecule has 3 N–H and O–H groups in total. The van der Waals surface area contributed by atoms with E-state index in [0.717, 1.165) is 12.8 Å². The largest absolute Gasteiger partial charge is 0.362 e. The number of anilines is 1. The lowest BCUT2D eigenvalue weighted by Crippen LogP contribution is -2.14. The number of fused-ring (bicyclic) bond motifs is 1. The molecule has 7 heteroatoms. The van der Waals surface area contributed by atoms with Crippen molar-refractivity contribution in [3.8, 4) is 0 Å². The highest BCUT2D eigenvalue weighted by atomic mass is 35.5.